The van der Waals surface area contributed by atoms with Gasteiger partial charge >= 0.3 is 0 Å². The monoisotopic (exact) mass is 226 g/mol. The van der Waals surface area contributed by atoms with Gasteiger partial charge in [-0.05, 0) is 24.4 Å². The van der Waals surface area contributed by atoms with E-state index < -0.39 is 0 Å². The highest BCUT2D eigenvalue weighted by Crippen LogP contribution is 2.22. The maximum atomic E-state index is 4.50. The van der Waals surface area contributed by atoms with E-state index in [0.29, 0.717) is 0 Å². The van der Waals surface area contributed by atoms with Gasteiger partial charge in [0, 0.05) is 11.6 Å². The van der Waals surface area contributed by atoms with E-state index in [0.717, 1.165) is 18.7 Å². The van der Waals surface area contributed by atoms with E-state index in [2.05, 4.69) is 42.0 Å². The quantitative estimate of drug-likeness (QED) is 0.790. The number of nitrogens with zero attached hydrogens (tertiary/aromatic N) is 1. The van der Waals surface area contributed by atoms with Crippen molar-refractivity contribution in [3.63, 3.8) is 0 Å². The summed E-state index contributed by atoms with van der Waals surface area (Å²) in [5.41, 5.74) is 1.06. The molecule has 1 unspecified atom stereocenters. The van der Waals surface area contributed by atoms with Gasteiger partial charge in [-0.2, -0.15) is 0 Å². The molecule has 0 bridgehead atoms. The van der Waals surface area contributed by atoms with E-state index in [1.807, 2.05) is 24.4 Å². The summed E-state index contributed by atoms with van der Waals surface area (Å²) >= 11 is 0. The number of rotatable bonds is 5. The average molecular weight is 226 g/mol. The molecule has 0 fully saturated rings. The van der Waals surface area contributed by atoms with Crippen molar-refractivity contribution in [2.24, 2.45) is 0 Å². The molecular formula is C15H18N2. The lowest BCUT2D eigenvalue weighted by atomic mass is 10.0. The Labute approximate surface area is 102 Å². The molecule has 2 heteroatoms. The van der Waals surface area contributed by atoms with Crippen LogP contribution in [0.25, 0.3) is 10.8 Å². The van der Waals surface area contributed by atoms with Crippen LogP contribution in [0.1, 0.15) is 25.1 Å². The molecule has 0 saturated heterocycles. The minimum absolute atomic E-state index is 0.126. The highest BCUT2D eigenvalue weighted by atomic mass is 14.9. The molecule has 0 radical (unpaired) electrons. The van der Waals surface area contributed by atoms with Gasteiger partial charge in [0.2, 0.25) is 0 Å². The van der Waals surface area contributed by atoms with E-state index in [4.69, 9.17) is 0 Å². The zero-order chi connectivity index (χ0) is 12.1. The topological polar surface area (TPSA) is 24.9 Å². The molecule has 1 atom stereocenters. The van der Waals surface area contributed by atoms with Crippen LogP contribution in [0.3, 0.4) is 0 Å². The Hall–Kier alpha value is -1.67. The Morgan fingerprint density at radius 1 is 1.35 bits per heavy atom. The van der Waals surface area contributed by atoms with E-state index in [1.165, 1.54) is 10.8 Å². The first-order chi connectivity index (χ1) is 8.36. The van der Waals surface area contributed by atoms with Gasteiger partial charge in [0.25, 0.3) is 0 Å². The zero-order valence-corrected chi connectivity index (χ0v) is 10.2. The summed E-state index contributed by atoms with van der Waals surface area (Å²) in [4.78, 5) is 4.50. The summed E-state index contributed by atoms with van der Waals surface area (Å²) in [5, 5.41) is 5.87. The van der Waals surface area contributed by atoms with E-state index in [1.54, 1.807) is 0 Å². The Morgan fingerprint density at radius 3 is 2.94 bits per heavy atom. The molecule has 0 aliphatic heterocycles. The molecule has 0 spiro atoms. The maximum Gasteiger partial charge on any atom is 0.0690 e. The number of aromatic nitrogens is 1. The third-order valence-corrected chi connectivity index (χ3v) is 2.85. The number of benzene rings is 1. The normalized spacial score (nSPS) is 12.5. The van der Waals surface area contributed by atoms with Crippen LogP contribution in [0.5, 0.6) is 0 Å². The van der Waals surface area contributed by atoms with Crippen molar-refractivity contribution in [3.05, 3.63) is 54.9 Å². The van der Waals surface area contributed by atoms with Crippen LogP contribution in [0, 0.1) is 0 Å². The Balaban J connectivity index is 2.42. The molecule has 88 valence electrons. The van der Waals surface area contributed by atoms with Crippen molar-refractivity contribution < 1.29 is 0 Å². The number of nitrogens with one attached hydrogen (secondary N) is 1. The molecule has 2 rings (SSSR count). The van der Waals surface area contributed by atoms with Gasteiger partial charge in [-0.1, -0.05) is 37.3 Å². The first-order valence-corrected chi connectivity index (χ1v) is 6.06. The molecule has 17 heavy (non-hydrogen) atoms. The second-order valence-electron chi connectivity index (χ2n) is 4.08. The Kier molecular flexibility index (Phi) is 3.89. The largest absolute Gasteiger partial charge is 0.305 e. The highest BCUT2D eigenvalue weighted by Gasteiger charge is 2.10. The van der Waals surface area contributed by atoms with Crippen molar-refractivity contribution in [1.82, 2.24) is 10.3 Å². The van der Waals surface area contributed by atoms with Crippen molar-refractivity contribution in [2.75, 3.05) is 6.54 Å². The third kappa shape index (κ3) is 2.53. The molecule has 1 heterocycles. The lowest BCUT2D eigenvalue weighted by Crippen LogP contribution is -2.21. The Morgan fingerprint density at radius 2 is 2.18 bits per heavy atom. The van der Waals surface area contributed by atoms with Gasteiger partial charge in [-0.25, -0.2) is 0 Å². The molecule has 0 aliphatic rings. The van der Waals surface area contributed by atoms with Gasteiger partial charge in [0.1, 0.15) is 0 Å². The predicted molar refractivity (Wildman–Crippen MR) is 73.0 cm³/mol. The van der Waals surface area contributed by atoms with Gasteiger partial charge < -0.3 is 5.32 Å². The van der Waals surface area contributed by atoms with Gasteiger partial charge in [0.15, 0.2) is 0 Å². The van der Waals surface area contributed by atoms with Crippen LogP contribution in [-0.4, -0.2) is 11.5 Å². The summed E-state index contributed by atoms with van der Waals surface area (Å²) < 4.78 is 0. The number of pyridine rings is 1. The molecule has 0 aliphatic carbocycles. The fraction of sp³-hybridized carbons (Fsp3) is 0.267. The van der Waals surface area contributed by atoms with Gasteiger partial charge in [0.05, 0.1) is 11.7 Å². The van der Waals surface area contributed by atoms with Crippen LogP contribution in [-0.2, 0) is 0 Å². The summed E-state index contributed by atoms with van der Waals surface area (Å²) in [6, 6.07) is 10.5. The second-order valence-corrected chi connectivity index (χ2v) is 4.08. The molecule has 0 saturated carbocycles. The summed E-state index contributed by atoms with van der Waals surface area (Å²) in [6.45, 7) is 7.02. The first kappa shape index (κ1) is 11.8. The molecule has 0 amide bonds. The van der Waals surface area contributed by atoms with Crippen LogP contribution in [0.4, 0.5) is 0 Å². The Bertz CT molecular complexity index is 500. The van der Waals surface area contributed by atoms with E-state index >= 15 is 0 Å². The van der Waals surface area contributed by atoms with E-state index in [-0.39, 0.29) is 6.04 Å². The molecule has 1 aromatic carbocycles. The van der Waals surface area contributed by atoms with Crippen molar-refractivity contribution in [3.8, 4) is 0 Å². The lowest BCUT2D eigenvalue weighted by molar-refractivity contribution is 0.605. The first-order valence-electron chi connectivity index (χ1n) is 6.06. The van der Waals surface area contributed by atoms with Crippen LogP contribution in [0.15, 0.2) is 49.2 Å². The smallest absolute Gasteiger partial charge is 0.0690 e. The van der Waals surface area contributed by atoms with Crippen molar-refractivity contribution >= 4 is 10.8 Å². The van der Waals surface area contributed by atoms with Gasteiger partial charge in [-0.15, -0.1) is 6.58 Å². The molecule has 1 N–H and O–H groups in total. The number of hydrogen-bond donors (Lipinski definition) is 1. The standard InChI is InChI=1S/C15H18N2/c1-3-10-16-14(4-2)15-13-8-6-5-7-12(13)9-11-17-15/h4-9,11,14,16H,2-3,10H2,1H3. The van der Waals surface area contributed by atoms with Crippen LogP contribution >= 0.6 is 0 Å². The SMILES string of the molecule is C=CC(NCCC)c1nccc2ccccc12. The summed E-state index contributed by atoms with van der Waals surface area (Å²) in [5.74, 6) is 0. The highest BCUT2D eigenvalue weighted by molar-refractivity contribution is 5.84. The molecule has 2 aromatic rings. The van der Waals surface area contributed by atoms with Crippen molar-refractivity contribution in [2.45, 2.75) is 19.4 Å². The zero-order valence-electron chi connectivity index (χ0n) is 10.2. The minimum atomic E-state index is 0.126. The lowest BCUT2D eigenvalue weighted by Gasteiger charge is -2.15. The molecule has 1 aromatic heterocycles. The number of fused-ring (bicyclic) bond motifs is 1. The third-order valence-electron chi connectivity index (χ3n) is 2.85. The van der Waals surface area contributed by atoms with Crippen LogP contribution in [0.2, 0.25) is 0 Å². The summed E-state index contributed by atoms with van der Waals surface area (Å²) in [6.07, 6.45) is 4.89. The summed E-state index contributed by atoms with van der Waals surface area (Å²) in [7, 11) is 0. The average Bonchev–Trinajstić information content (AvgIpc) is 2.40. The fourth-order valence-corrected chi connectivity index (χ4v) is 1.98. The molecular weight excluding hydrogens is 208 g/mol. The molecule has 2 nitrogen and oxygen atoms in total. The number of hydrogen-bond acceptors (Lipinski definition) is 2. The predicted octanol–water partition coefficient (Wildman–Crippen LogP) is 3.46. The minimum Gasteiger partial charge on any atom is -0.305 e. The second kappa shape index (κ2) is 5.60. The van der Waals surface area contributed by atoms with Gasteiger partial charge in [-0.3, -0.25) is 4.98 Å². The van der Waals surface area contributed by atoms with E-state index in [9.17, 15) is 0 Å². The van der Waals surface area contributed by atoms with Crippen molar-refractivity contribution in [1.29, 1.82) is 0 Å². The van der Waals surface area contributed by atoms with Crippen LogP contribution < -0.4 is 5.32 Å². The fourth-order valence-electron chi connectivity index (χ4n) is 1.98. The maximum absolute atomic E-state index is 4.50.